The van der Waals surface area contributed by atoms with Crippen LogP contribution in [0.1, 0.15) is 37.0 Å². The molecule has 0 spiro atoms. The second-order valence-corrected chi connectivity index (χ2v) is 10.4. The third-order valence-corrected chi connectivity index (χ3v) is 7.42. The van der Waals surface area contributed by atoms with Crippen molar-refractivity contribution in [1.29, 1.82) is 0 Å². The molecule has 0 aliphatic carbocycles. The molecule has 5 rings (SSSR count). The van der Waals surface area contributed by atoms with Gasteiger partial charge in [0.1, 0.15) is 16.5 Å². The Bertz CT molecular complexity index is 1620. The summed E-state index contributed by atoms with van der Waals surface area (Å²) in [7, 11) is 0. The predicted molar refractivity (Wildman–Crippen MR) is 159 cm³/mol. The van der Waals surface area contributed by atoms with E-state index >= 15 is 0 Å². The number of carbonyl (C=O) groups excluding carboxylic acids is 1. The molecule has 5 heterocycles. The van der Waals surface area contributed by atoms with E-state index in [4.69, 9.17) is 16.3 Å². The smallest absolute Gasteiger partial charge is 0.331 e. The van der Waals surface area contributed by atoms with Gasteiger partial charge in [0.05, 0.1) is 24.3 Å². The Morgan fingerprint density at radius 2 is 1.76 bits per heavy atom. The quantitative estimate of drug-likeness (QED) is 0.286. The molecule has 0 bridgehead atoms. The molecule has 1 aliphatic rings. The van der Waals surface area contributed by atoms with Crippen LogP contribution in [-0.4, -0.2) is 74.3 Å². The van der Waals surface area contributed by atoms with E-state index in [1.807, 2.05) is 26.0 Å². The largest absolute Gasteiger partial charge is 0.379 e. The summed E-state index contributed by atoms with van der Waals surface area (Å²) < 4.78 is 8.40. The zero-order valence-electron chi connectivity index (χ0n) is 23.3. The van der Waals surface area contributed by atoms with Gasteiger partial charge in [0.15, 0.2) is 0 Å². The second-order valence-electron chi connectivity index (χ2n) is 10.0. The molecular weight excluding hydrogens is 546 g/mol. The number of fused-ring (bicyclic) bond motifs is 1. The molecule has 4 aromatic heterocycles. The summed E-state index contributed by atoms with van der Waals surface area (Å²) in [6.45, 7) is 8.85. The van der Waals surface area contributed by atoms with Gasteiger partial charge in [-0.05, 0) is 43.2 Å². The average molecular weight is 580 g/mol. The molecule has 12 heteroatoms. The van der Waals surface area contributed by atoms with Gasteiger partial charge in [-0.25, -0.2) is 14.8 Å². The van der Waals surface area contributed by atoms with Crippen molar-refractivity contribution < 1.29 is 9.53 Å². The molecule has 1 saturated heterocycles. The molecule has 216 valence electrons. The molecule has 1 fully saturated rings. The summed E-state index contributed by atoms with van der Waals surface area (Å²) >= 11 is 5.94. The summed E-state index contributed by atoms with van der Waals surface area (Å²) in [4.78, 5) is 55.6. The molecule has 1 aliphatic heterocycles. The Kier molecular flexibility index (Phi) is 8.96. The lowest BCUT2D eigenvalue weighted by Crippen LogP contribution is -2.43. The van der Waals surface area contributed by atoms with Crippen molar-refractivity contribution in [1.82, 2.24) is 29.0 Å². The predicted octanol–water partition coefficient (Wildman–Crippen LogP) is 3.40. The molecule has 0 saturated carbocycles. The van der Waals surface area contributed by atoms with E-state index in [1.165, 1.54) is 10.8 Å². The van der Waals surface area contributed by atoms with E-state index in [9.17, 15) is 14.4 Å². The number of carbonyl (C=O) groups is 1. The van der Waals surface area contributed by atoms with Crippen LogP contribution in [0.5, 0.6) is 0 Å². The van der Waals surface area contributed by atoms with Gasteiger partial charge in [-0.3, -0.25) is 28.5 Å². The Hall–Kier alpha value is -3.80. The summed E-state index contributed by atoms with van der Waals surface area (Å²) in [5, 5.41) is 0.313. The number of aromatic nitrogens is 5. The number of nitrogens with one attached hydrogen (secondary N) is 1. The van der Waals surface area contributed by atoms with Crippen molar-refractivity contribution >= 4 is 34.4 Å². The monoisotopic (exact) mass is 579 g/mol. The minimum absolute atomic E-state index is 0.228. The van der Waals surface area contributed by atoms with Crippen LogP contribution >= 0.6 is 11.6 Å². The lowest BCUT2D eigenvalue weighted by Gasteiger charge is -2.29. The number of hydrogen-bond donors (Lipinski definition) is 1. The van der Waals surface area contributed by atoms with Gasteiger partial charge in [0, 0.05) is 62.9 Å². The third-order valence-electron chi connectivity index (χ3n) is 7.20. The van der Waals surface area contributed by atoms with Gasteiger partial charge in [-0.15, -0.1) is 0 Å². The molecule has 1 amide bonds. The number of halogens is 1. The third kappa shape index (κ3) is 6.12. The minimum atomic E-state index is -0.327. The van der Waals surface area contributed by atoms with Crippen LogP contribution in [0.25, 0.3) is 22.3 Å². The van der Waals surface area contributed by atoms with Gasteiger partial charge < -0.3 is 9.72 Å². The summed E-state index contributed by atoms with van der Waals surface area (Å²) in [5.74, 6) is 0.264. The van der Waals surface area contributed by atoms with E-state index < -0.39 is 0 Å². The van der Waals surface area contributed by atoms with E-state index in [-0.39, 0.29) is 17.2 Å². The average Bonchev–Trinajstić information content (AvgIpc) is 3.44. The highest BCUT2D eigenvalue weighted by atomic mass is 35.5. The van der Waals surface area contributed by atoms with Crippen LogP contribution in [0, 0.1) is 0 Å². The first-order valence-corrected chi connectivity index (χ1v) is 14.3. The summed E-state index contributed by atoms with van der Waals surface area (Å²) in [6, 6.07) is 8.71. The topological polar surface area (TPSA) is 118 Å². The van der Waals surface area contributed by atoms with Gasteiger partial charge in [0.25, 0.3) is 11.5 Å². The SMILES string of the molecule is CCCn1c(=O)c2[nH]c(-c3ccc(N(CCN4CCOCC4)C(=O)c4ccc(Cl)nc4)nc3)cc2n(CCC)c1=O. The highest BCUT2D eigenvalue weighted by Crippen LogP contribution is 2.24. The molecule has 41 heavy (non-hydrogen) atoms. The first-order valence-electron chi connectivity index (χ1n) is 14.0. The molecule has 0 radical (unpaired) electrons. The first-order chi connectivity index (χ1) is 19.9. The molecule has 11 nitrogen and oxygen atoms in total. The number of ether oxygens (including phenoxy) is 1. The highest BCUT2D eigenvalue weighted by molar-refractivity contribution is 6.29. The van der Waals surface area contributed by atoms with Gasteiger partial charge in [0.2, 0.25) is 0 Å². The van der Waals surface area contributed by atoms with Gasteiger partial charge >= 0.3 is 5.69 Å². The molecule has 4 aromatic rings. The van der Waals surface area contributed by atoms with E-state index in [1.54, 1.807) is 33.9 Å². The lowest BCUT2D eigenvalue weighted by atomic mass is 10.2. The molecular formula is C29H34ClN7O4. The van der Waals surface area contributed by atoms with Crippen LogP contribution < -0.4 is 16.1 Å². The van der Waals surface area contributed by atoms with Crippen molar-refractivity contribution in [3.63, 3.8) is 0 Å². The zero-order valence-corrected chi connectivity index (χ0v) is 24.1. The van der Waals surface area contributed by atoms with Gasteiger partial charge in [-0.1, -0.05) is 25.4 Å². The number of rotatable bonds is 10. The number of anilines is 1. The van der Waals surface area contributed by atoms with Crippen LogP contribution in [0.4, 0.5) is 5.82 Å². The highest BCUT2D eigenvalue weighted by Gasteiger charge is 2.22. The number of pyridine rings is 2. The standard InChI is InChI=1S/C29H34ClN7O4/c1-3-9-35-23-17-22(33-26(23)28(39)37(10-4-2)29(35)40)20-6-8-25(32-18-20)36(12-11-34-13-15-41-16-14-34)27(38)21-5-7-24(30)31-19-21/h5-8,17-19,33H,3-4,9-16H2,1-2H3. The summed E-state index contributed by atoms with van der Waals surface area (Å²) in [5.41, 5.74) is 2.16. The van der Waals surface area contributed by atoms with Crippen LogP contribution in [0.2, 0.25) is 5.15 Å². The number of H-pyrrole nitrogens is 1. The fourth-order valence-electron chi connectivity index (χ4n) is 5.06. The number of hydrogen-bond acceptors (Lipinski definition) is 7. The molecule has 0 atom stereocenters. The molecule has 0 aromatic carbocycles. The lowest BCUT2D eigenvalue weighted by molar-refractivity contribution is 0.0391. The van der Waals surface area contributed by atoms with Crippen molar-refractivity contribution in [2.75, 3.05) is 44.3 Å². The Morgan fingerprint density at radius 1 is 1.00 bits per heavy atom. The fourth-order valence-corrected chi connectivity index (χ4v) is 5.17. The number of amides is 1. The van der Waals surface area contributed by atoms with Crippen molar-refractivity contribution in [3.8, 4) is 11.3 Å². The van der Waals surface area contributed by atoms with Crippen LogP contribution in [0.15, 0.2) is 52.3 Å². The van der Waals surface area contributed by atoms with Gasteiger partial charge in [-0.2, -0.15) is 0 Å². The second kappa shape index (κ2) is 12.8. The number of aromatic amines is 1. The van der Waals surface area contributed by atoms with Crippen molar-refractivity contribution in [2.45, 2.75) is 39.8 Å². The molecule has 0 unspecified atom stereocenters. The maximum absolute atomic E-state index is 13.5. The van der Waals surface area contributed by atoms with Crippen molar-refractivity contribution in [2.24, 2.45) is 0 Å². The minimum Gasteiger partial charge on any atom is -0.379 e. The van der Waals surface area contributed by atoms with E-state index in [2.05, 4.69) is 19.9 Å². The maximum Gasteiger partial charge on any atom is 0.331 e. The fraction of sp³-hybridized carbons (Fsp3) is 0.414. The van der Waals surface area contributed by atoms with Crippen molar-refractivity contribution in [3.05, 3.63) is 74.3 Å². The zero-order chi connectivity index (χ0) is 28.9. The Morgan fingerprint density at radius 3 is 2.41 bits per heavy atom. The van der Waals surface area contributed by atoms with Crippen LogP contribution in [0.3, 0.4) is 0 Å². The Labute approximate surface area is 242 Å². The van der Waals surface area contributed by atoms with Crippen LogP contribution in [-0.2, 0) is 17.8 Å². The summed E-state index contributed by atoms with van der Waals surface area (Å²) in [6.07, 6.45) is 4.57. The molecule has 1 N–H and O–H groups in total. The first kappa shape index (κ1) is 28.7. The van der Waals surface area contributed by atoms with E-state index in [0.717, 1.165) is 25.1 Å². The Balaban J connectivity index is 1.48. The number of morpholine rings is 1. The number of nitrogens with zero attached hydrogens (tertiary/aromatic N) is 6. The maximum atomic E-state index is 13.5. The normalized spacial score (nSPS) is 14.0. The number of aryl methyl sites for hydroxylation is 1. The van der Waals surface area contributed by atoms with E-state index in [0.29, 0.717) is 79.1 Å².